The summed E-state index contributed by atoms with van der Waals surface area (Å²) in [7, 11) is 0. The van der Waals surface area contributed by atoms with Crippen molar-refractivity contribution in [2.24, 2.45) is 0 Å². The summed E-state index contributed by atoms with van der Waals surface area (Å²) in [4.78, 5) is 0. The molecule has 2 spiro atoms. The number of rotatable bonds is 0. The van der Waals surface area contributed by atoms with Gasteiger partial charge in [0.25, 0.3) is 0 Å². The molecule has 3 aliphatic rings. The van der Waals surface area contributed by atoms with Crippen molar-refractivity contribution in [3.63, 3.8) is 0 Å². The summed E-state index contributed by atoms with van der Waals surface area (Å²) in [5.74, 6) is 2.52. The highest BCUT2D eigenvalue weighted by Gasteiger charge is 2.47. The Bertz CT molecular complexity index is 221. The molecule has 0 N–H and O–H groups in total. The van der Waals surface area contributed by atoms with Crippen LogP contribution in [0.25, 0.3) is 0 Å². The lowest BCUT2D eigenvalue weighted by atomic mass is 9.93. The second kappa shape index (κ2) is 4.13. The van der Waals surface area contributed by atoms with Gasteiger partial charge in [0.2, 0.25) is 0 Å². The first-order chi connectivity index (χ1) is 7.33. The standard InChI is InChI=1S/C11H18O2S2/c1-8-14-11(15-9-1)4-2-10(3-5-11)12-6-7-13-10/h1-9H2. The molecule has 1 saturated carbocycles. The Labute approximate surface area is 99.8 Å². The first-order valence-corrected chi connectivity index (χ1v) is 7.86. The second-order valence-electron chi connectivity index (χ2n) is 4.57. The lowest BCUT2D eigenvalue weighted by Crippen LogP contribution is -2.41. The molecule has 86 valence electrons. The molecular formula is C11H18O2S2. The van der Waals surface area contributed by atoms with Crippen LogP contribution in [0, 0.1) is 0 Å². The van der Waals surface area contributed by atoms with E-state index in [4.69, 9.17) is 9.47 Å². The third-order valence-electron chi connectivity index (χ3n) is 3.61. The second-order valence-corrected chi connectivity index (χ2v) is 7.78. The van der Waals surface area contributed by atoms with E-state index in [9.17, 15) is 0 Å². The van der Waals surface area contributed by atoms with Gasteiger partial charge in [-0.1, -0.05) is 0 Å². The first kappa shape index (κ1) is 10.8. The van der Waals surface area contributed by atoms with Gasteiger partial charge in [0.05, 0.1) is 17.3 Å². The number of ether oxygens (including phenoxy) is 2. The zero-order valence-corrected chi connectivity index (χ0v) is 10.6. The predicted molar refractivity (Wildman–Crippen MR) is 65.4 cm³/mol. The van der Waals surface area contributed by atoms with Crippen LogP contribution in [0.2, 0.25) is 0 Å². The van der Waals surface area contributed by atoms with Crippen LogP contribution in [0.15, 0.2) is 0 Å². The van der Waals surface area contributed by atoms with Crippen molar-refractivity contribution in [1.29, 1.82) is 0 Å². The van der Waals surface area contributed by atoms with Gasteiger partial charge in [0.15, 0.2) is 5.79 Å². The molecule has 0 aromatic carbocycles. The molecule has 4 heteroatoms. The molecule has 2 nitrogen and oxygen atoms in total. The van der Waals surface area contributed by atoms with E-state index >= 15 is 0 Å². The van der Waals surface area contributed by atoms with E-state index in [1.807, 2.05) is 0 Å². The fraction of sp³-hybridized carbons (Fsp3) is 1.00. The third-order valence-corrected chi connectivity index (χ3v) is 7.17. The van der Waals surface area contributed by atoms with Crippen molar-refractivity contribution in [1.82, 2.24) is 0 Å². The Morgan fingerprint density at radius 3 is 2.00 bits per heavy atom. The Balaban J connectivity index is 1.63. The predicted octanol–water partition coefficient (Wildman–Crippen LogP) is 2.87. The minimum absolute atomic E-state index is 0.177. The fourth-order valence-electron chi connectivity index (χ4n) is 2.70. The van der Waals surface area contributed by atoms with Crippen molar-refractivity contribution in [3.05, 3.63) is 0 Å². The molecule has 0 bridgehead atoms. The van der Waals surface area contributed by atoms with Gasteiger partial charge in [-0.2, -0.15) is 0 Å². The maximum Gasteiger partial charge on any atom is 0.168 e. The van der Waals surface area contributed by atoms with E-state index in [-0.39, 0.29) is 5.79 Å². The Morgan fingerprint density at radius 1 is 0.800 bits per heavy atom. The first-order valence-electron chi connectivity index (χ1n) is 5.89. The summed E-state index contributed by atoms with van der Waals surface area (Å²) in [6.45, 7) is 1.60. The molecule has 0 aromatic rings. The lowest BCUT2D eigenvalue weighted by molar-refractivity contribution is -0.177. The number of hydrogen-bond donors (Lipinski definition) is 0. The normalized spacial score (nSPS) is 33.6. The molecule has 3 rings (SSSR count). The average molecular weight is 246 g/mol. The Morgan fingerprint density at radius 2 is 1.40 bits per heavy atom. The molecule has 0 aromatic heterocycles. The molecule has 2 heterocycles. The minimum Gasteiger partial charge on any atom is -0.348 e. The zero-order chi connectivity index (χ0) is 10.2. The largest absolute Gasteiger partial charge is 0.348 e. The molecule has 3 fully saturated rings. The highest BCUT2D eigenvalue weighted by atomic mass is 32.2. The summed E-state index contributed by atoms with van der Waals surface area (Å²) >= 11 is 4.36. The number of thioether (sulfide) groups is 2. The summed E-state index contributed by atoms with van der Waals surface area (Å²) < 4.78 is 12.1. The van der Waals surface area contributed by atoms with Gasteiger partial charge in [-0.05, 0) is 30.8 Å². The maximum atomic E-state index is 5.77. The van der Waals surface area contributed by atoms with Crippen molar-refractivity contribution in [3.8, 4) is 0 Å². The zero-order valence-electron chi connectivity index (χ0n) is 9.00. The topological polar surface area (TPSA) is 18.5 Å². The van der Waals surface area contributed by atoms with Gasteiger partial charge < -0.3 is 9.47 Å². The summed E-state index contributed by atoms with van der Waals surface area (Å²) in [5.41, 5.74) is 0. The van der Waals surface area contributed by atoms with Gasteiger partial charge in [0.1, 0.15) is 0 Å². The molecule has 0 atom stereocenters. The monoisotopic (exact) mass is 246 g/mol. The highest BCUT2D eigenvalue weighted by molar-refractivity contribution is 8.18. The van der Waals surface area contributed by atoms with Crippen LogP contribution in [0.5, 0.6) is 0 Å². The van der Waals surface area contributed by atoms with Gasteiger partial charge in [-0.3, -0.25) is 0 Å². The quantitative estimate of drug-likeness (QED) is 0.654. The van der Waals surface area contributed by atoms with Crippen molar-refractivity contribution in [2.45, 2.75) is 42.0 Å². The molecule has 1 aliphatic carbocycles. The van der Waals surface area contributed by atoms with Crippen molar-refractivity contribution in [2.75, 3.05) is 24.7 Å². The maximum absolute atomic E-state index is 5.77. The van der Waals surface area contributed by atoms with E-state index in [1.165, 1.54) is 30.8 Å². The smallest absolute Gasteiger partial charge is 0.168 e. The summed E-state index contributed by atoms with van der Waals surface area (Å²) in [5, 5.41) is 0. The lowest BCUT2D eigenvalue weighted by Gasteiger charge is -2.44. The fourth-order valence-corrected chi connectivity index (χ4v) is 6.03. The number of hydrogen-bond acceptors (Lipinski definition) is 4. The van der Waals surface area contributed by atoms with E-state index < -0.39 is 0 Å². The van der Waals surface area contributed by atoms with Crippen LogP contribution >= 0.6 is 23.5 Å². The van der Waals surface area contributed by atoms with Crippen LogP contribution in [0.3, 0.4) is 0 Å². The SMILES string of the molecule is C1CSC2(CCC3(CC2)OCCO3)SC1. The molecular weight excluding hydrogens is 228 g/mol. The van der Waals surface area contributed by atoms with Gasteiger partial charge in [0, 0.05) is 12.8 Å². The van der Waals surface area contributed by atoms with Crippen molar-refractivity contribution < 1.29 is 9.47 Å². The van der Waals surface area contributed by atoms with Crippen LogP contribution < -0.4 is 0 Å². The Kier molecular flexibility index (Phi) is 2.96. The summed E-state index contributed by atoms with van der Waals surface area (Å²) in [6.07, 6.45) is 6.12. The van der Waals surface area contributed by atoms with Crippen LogP contribution in [0.1, 0.15) is 32.1 Å². The van der Waals surface area contributed by atoms with E-state index in [1.54, 1.807) is 0 Å². The van der Waals surface area contributed by atoms with Gasteiger partial charge in [-0.15, -0.1) is 23.5 Å². The molecule has 0 unspecified atom stereocenters. The van der Waals surface area contributed by atoms with E-state index in [0.717, 1.165) is 26.1 Å². The average Bonchev–Trinajstić information content (AvgIpc) is 2.74. The van der Waals surface area contributed by atoms with E-state index in [2.05, 4.69) is 23.5 Å². The molecule has 2 aliphatic heterocycles. The van der Waals surface area contributed by atoms with Crippen molar-refractivity contribution >= 4 is 23.5 Å². The highest BCUT2D eigenvalue weighted by Crippen LogP contribution is 2.54. The minimum atomic E-state index is -0.177. The molecule has 2 saturated heterocycles. The molecule has 0 radical (unpaired) electrons. The Hall–Kier alpha value is 0.620. The van der Waals surface area contributed by atoms with Crippen LogP contribution in [-0.4, -0.2) is 34.6 Å². The molecule has 15 heavy (non-hydrogen) atoms. The summed E-state index contributed by atoms with van der Waals surface area (Å²) in [6, 6.07) is 0. The van der Waals surface area contributed by atoms with Gasteiger partial charge >= 0.3 is 0 Å². The molecule has 0 amide bonds. The van der Waals surface area contributed by atoms with Gasteiger partial charge in [-0.25, -0.2) is 0 Å². The van der Waals surface area contributed by atoms with E-state index in [0.29, 0.717) is 4.08 Å². The van der Waals surface area contributed by atoms with Crippen LogP contribution in [-0.2, 0) is 9.47 Å². The van der Waals surface area contributed by atoms with Crippen LogP contribution in [0.4, 0.5) is 0 Å². The third kappa shape index (κ3) is 2.06.